The number of amides is 1. The lowest BCUT2D eigenvalue weighted by Crippen LogP contribution is -2.42. The lowest BCUT2D eigenvalue weighted by atomic mass is 10.2. The van der Waals surface area contributed by atoms with E-state index in [0.717, 1.165) is 51.5 Å². The van der Waals surface area contributed by atoms with E-state index in [9.17, 15) is 4.79 Å². The van der Waals surface area contributed by atoms with E-state index in [1.807, 2.05) is 4.90 Å². The fraction of sp³-hybridized carbons (Fsp3) is 0.938. The van der Waals surface area contributed by atoms with Gasteiger partial charge in [0.05, 0.1) is 6.10 Å². The number of hydrogen-bond acceptors (Lipinski definition) is 4. The maximum absolute atomic E-state index is 12.6. The maximum atomic E-state index is 12.6. The minimum Gasteiger partial charge on any atom is -0.364 e. The number of hydrogen-bond donors (Lipinski definition) is 1. The Kier molecular flexibility index (Phi) is 9.16. The molecular formula is C16H31Cl2N3O2. The summed E-state index contributed by atoms with van der Waals surface area (Å²) in [4.78, 5) is 17.2. The van der Waals surface area contributed by atoms with Crippen molar-refractivity contribution >= 4 is 30.7 Å². The highest BCUT2D eigenvalue weighted by Crippen LogP contribution is 2.25. The Hall–Kier alpha value is -0.0700. The first kappa shape index (κ1) is 21.0. The number of nitrogens with two attached hydrogens (primary N) is 1. The highest BCUT2D eigenvalue weighted by atomic mass is 35.5. The Labute approximate surface area is 152 Å². The Balaban J connectivity index is 0.00000132. The van der Waals surface area contributed by atoms with Gasteiger partial charge < -0.3 is 15.4 Å². The van der Waals surface area contributed by atoms with Crippen LogP contribution in [0.1, 0.15) is 44.9 Å². The second kappa shape index (κ2) is 10.0. The predicted octanol–water partition coefficient (Wildman–Crippen LogP) is 1.81. The Morgan fingerprint density at radius 1 is 0.957 bits per heavy atom. The summed E-state index contributed by atoms with van der Waals surface area (Å²) in [6, 6.07) is 0.768. The smallest absolute Gasteiger partial charge is 0.251 e. The summed E-state index contributed by atoms with van der Waals surface area (Å²) >= 11 is 0. The normalized spacial score (nSPS) is 29.7. The molecule has 7 heteroatoms. The molecule has 5 nitrogen and oxygen atoms in total. The summed E-state index contributed by atoms with van der Waals surface area (Å²) in [7, 11) is 0. The summed E-state index contributed by atoms with van der Waals surface area (Å²) < 4.78 is 5.76. The minimum atomic E-state index is -0.239. The van der Waals surface area contributed by atoms with Crippen LogP contribution in [-0.4, -0.2) is 66.7 Å². The quantitative estimate of drug-likeness (QED) is 0.826. The zero-order valence-electron chi connectivity index (χ0n) is 13.8. The molecule has 2 N–H and O–H groups in total. The standard InChI is InChI=1S/C16H29N3O2.2ClH/c17-12-14-6-7-15(21-14)16(20)19-9-3-8-18(10-11-19)13-4-1-2-5-13;;/h13-15H,1-12,17H2;2*1H/t14-,15+;;/m1../s1. The van der Waals surface area contributed by atoms with E-state index in [1.165, 1.54) is 25.7 Å². The van der Waals surface area contributed by atoms with Crippen LogP contribution in [0.2, 0.25) is 0 Å². The number of nitrogens with zero attached hydrogens (tertiary/aromatic N) is 2. The van der Waals surface area contributed by atoms with Gasteiger partial charge in [-0.05, 0) is 32.1 Å². The van der Waals surface area contributed by atoms with Crippen LogP contribution >= 0.6 is 24.8 Å². The van der Waals surface area contributed by atoms with Crippen molar-refractivity contribution in [3.8, 4) is 0 Å². The third-order valence-corrected chi connectivity index (χ3v) is 5.33. The van der Waals surface area contributed by atoms with Crippen LogP contribution in [0.25, 0.3) is 0 Å². The summed E-state index contributed by atoms with van der Waals surface area (Å²) in [6.07, 6.45) is 8.14. The van der Waals surface area contributed by atoms with E-state index in [1.54, 1.807) is 0 Å². The highest BCUT2D eigenvalue weighted by molar-refractivity contribution is 5.85. The van der Waals surface area contributed by atoms with Crippen LogP contribution in [0.5, 0.6) is 0 Å². The molecule has 1 amide bonds. The molecule has 0 unspecified atom stereocenters. The lowest BCUT2D eigenvalue weighted by Gasteiger charge is -2.28. The highest BCUT2D eigenvalue weighted by Gasteiger charge is 2.34. The van der Waals surface area contributed by atoms with Crippen molar-refractivity contribution in [1.29, 1.82) is 0 Å². The third-order valence-electron chi connectivity index (χ3n) is 5.33. The molecule has 23 heavy (non-hydrogen) atoms. The zero-order chi connectivity index (χ0) is 14.7. The van der Waals surface area contributed by atoms with Gasteiger partial charge in [0.2, 0.25) is 0 Å². The number of carbonyl (C=O) groups excluding carboxylic acids is 1. The van der Waals surface area contributed by atoms with E-state index in [0.29, 0.717) is 6.54 Å². The Morgan fingerprint density at radius 2 is 1.70 bits per heavy atom. The molecule has 136 valence electrons. The van der Waals surface area contributed by atoms with Gasteiger partial charge in [0.25, 0.3) is 5.91 Å². The number of ether oxygens (including phenoxy) is 1. The topological polar surface area (TPSA) is 58.8 Å². The molecule has 3 rings (SSSR count). The molecule has 0 bridgehead atoms. The summed E-state index contributed by atoms with van der Waals surface area (Å²) in [5.74, 6) is 0.194. The summed E-state index contributed by atoms with van der Waals surface area (Å²) in [6.45, 7) is 4.45. The fourth-order valence-electron chi connectivity index (χ4n) is 4.06. The van der Waals surface area contributed by atoms with Crippen LogP contribution in [0, 0.1) is 0 Å². The predicted molar refractivity (Wildman–Crippen MR) is 96.5 cm³/mol. The van der Waals surface area contributed by atoms with Crippen LogP contribution < -0.4 is 5.73 Å². The van der Waals surface area contributed by atoms with Gasteiger partial charge in [-0.2, -0.15) is 0 Å². The van der Waals surface area contributed by atoms with Crippen molar-refractivity contribution in [1.82, 2.24) is 9.80 Å². The van der Waals surface area contributed by atoms with Crippen molar-refractivity contribution in [2.45, 2.75) is 63.2 Å². The summed E-state index contributed by atoms with van der Waals surface area (Å²) in [5, 5.41) is 0. The van der Waals surface area contributed by atoms with Crippen LogP contribution in [0.4, 0.5) is 0 Å². The van der Waals surface area contributed by atoms with E-state index in [2.05, 4.69) is 4.90 Å². The monoisotopic (exact) mass is 367 g/mol. The molecule has 2 atom stereocenters. The van der Waals surface area contributed by atoms with E-state index < -0.39 is 0 Å². The molecule has 0 aromatic heterocycles. The maximum Gasteiger partial charge on any atom is 0.251 e. The van der Waals surface area contributed by atoms with Crippen molar-refractivity contribution in [2.24, 2.45) is 5.73 Å². The van der Waals surface area contributed by atoms with E-state index in [-0.39, 0.29) is 42.9 Å². The SMILES string of the molecule is Cl.Cl.NC[C@H]1CC[C@@H](C(=O)N2CCCN(C3CCCC3)CC2)O1. The number of halogens is 2. The van der Waals surface area contributed by atoms with Crippen molar-refractivity contribution in [2.75, 3.05) is 32.7 Å². The Bertz CT molecular complexity index is 367. The second-order valence-corrected chi connectivity index (χ2v) is 6.71. The van der Waals surface area contributed by atoms with E-state index >= 15 is 0 Å². The fourth-order valence-corrected chi connectivity index (χ4v) is 4.06. The molecule has 1 saturated carbocycles. The van der Waals surface area contributed by atoms with Crippen LogP contribution in [0.3, 0.4) is 0 Å². The molecule has 0 radical (unpaired) electrons. The number of rotatable bonds is 3. The first-order valence-electron chi connectivity index (χ1n) is 8.66. The van der Waals surface area contributed by atoms with Crippen molar-refractivity contribution < 1.29 is 9.53 Å². The molecule has 3 aliphatic rings. The van der Waals surface area contributed by atoms with Gasteiger partial charge in [-0.3, -0.25) is 9.69 Å². The number of carbonyl (C=O) groups is 1. The van der Waals surface area contributed by atoms with Gasteiger partial charge in [0.15, 0.2) is 0 Å². The second-order valence-electron chi connectivity index (χ2n) is 6.71. The molecular weight excluding hydrogens is 337 g/mol. The average Bonchev–Trinajstić information content (AvgIpc) is 3.14. The molecule has 0 aromatic rings. The van der Waals surface area contributed by atoms with Gasteiger partial charge in [-0.25, -0.2) is 0 Å². The molecule has 2 aliphatic heterocycles. The van der Waals surface area contributed by atoms with Gasteiger partial charge in [0, 0.05) is 38.8 Å². The lowest BCUT2D eigenvalue weighted by molar-refractivity contribution is -0.142. The molecule has 2 saturated heterocycles. The van der Waals surface area contributed by atoms with Crippen molar-refractivity contribution in [3.63, 3.8) is 0 Å². The molecule has 0 spiro atoms. The van der Waals surface area contributed by atoms with E-state index in [4.69, 9.17) is 10.5 Å². The first-order valence-corrected chi connectivity index (χ1v) is 8.66. The molecule has 0 aromatic carbocycles. The largest absolute Gasteiger partial charge is 0.364 e. The van der Waals surface area contributed by atoms with Gasteiger partial charge in [-0.15, -0.1) is 24.8 Å². The molecule has 2 heterocycles. The van der Waals surface area contributed by atoms with Crippen LogP contribution in [-0.2, 0) is 9.53 Å². The van der Waals surface area contributed by atoms with Gasteiger partial charge in [-0.1, -0.05) is 12.8 Å². The Morgan fingerprint density at radius 3 is 2.35 bits per heavy atom. The molecule has 1 aliphatic carbocycles. The third kappa shape index (κ3) is 5.20. The average molecular weight is 368 g/mol. The first-order chi connectivity index (χ1) is 10.3. The van der Waals surface area contributed by atoms with Gasteiger partial charge in [0.1, 0.15) is 6.10 Å². The van der Waals surface area contributed by atoms with Crippen LogP contribution in [0.15, 0.2) is 0 Å². The molecule has 3 fully saturated rings. The summed E-state index contributed by atoms with van der Waals surface area (Å²) in [5.41, 5.74) is 5.63. The van der Waals surface area contributed by atoms with Crippen molar-refractivity contribution in [3.05, 3.63) is 0 Å². The van der Waals surface area contributed by atoms with Gasteiger partial charge >= 0.3 is 0 Å². The minimum absolute atomic E-state index is 0. The zero-order valence-corrected chi connectivity index (χ0v) is 15.5.